The van der Waals surface area contributed by atoms with Gasteiger partial charge in [-0.3, -0.25) is 4.18 Å². The van der Waals surface area contributed by atoms with Crippen LogP contribution in [0.5, 0.6) is 0 Å². The lowest BCUT2D eigenvalue weighted by Gasteiger charge is -2.54. The van der Waals surface area contributed by atoms with Gasteiger partial charge in [0, 0.05) is 18.5 Å². The zero-order chi connectivity index (χ0) is 16.8. The SMILES string of the molecule is CC1CC2(CCC1OS(C)(=O)=O)CN(C(=O)OC(C)(C)C)C2. The molecule has 1 saturated carbocycles. The zero-order valence-corrected chi connectivity index (χ0v) is 14.9. The van der Waals surface area contributed by atoms with Gasteiger partial charge in [0.15, 0.2) is 0 Å². The molecule has 0 N–H and O–H groups in total. The molecule has 1 spiro atoms. The molecule has 1 aliphatic carbocycles. The van der Waals surface area contributed by atoms with E-state index in [4.69, 9.17) is 8.92 Å². The fourth-order valence-electron chi connectivity index (χ4n) is 3.52. The summed E-state index contributed by atoms with van der Waals surface area (Å²) in [5, 5.41) is 0. The van der Waals surface area contributed by atoms with Gasteiger partial charge in [-0.1, -0.05) is 6.92 Å². The van der Waals surface area contributed by atoms with Gasteiger partial charge in [0.1, 0.15) is 5.60 Å². The third kappa shape index (κ3) is 4.35. The third-order valence-corrected chi connectivity index (χ3v) is 4.95. The minimum atomic E-state index is -3.41. The second-order valence-corrected chi connectivity index (χ2v) is 9.50. The average Bonchev–Trinajstić information content (AvgIpc) is 2.24. The van der Waals surface area contributed by atoms with Crippen molar-refractivity contribution in [1.82, 2.24) is 4.90 Å². The predicted octanol–water partition coefficient (Wildman–Crippen LogP) is 2.39. The van der Waals surface area contributed by atoms with E-state index in [9.17, 15) is 13.2 Å². The molecule has 1 aliphatic heterocycles. The van der Waals surface area contributed by atoms with E-state index in [1.807, 2.05) is 27.7 Å². The highest BCUT2D eigenvalue weighted by Crippen LogP contribution is 2.47. The second kappa shape index (κ2) is 5.67. The van der Waals surface area contributed by atoms with Gasteiger partial charge in [0.25, 0.3) is 10.1 Å². The van der Waals surface area contributed by atoms with Crippen molar-refractivity contribution in [2.24, 2.45) is 11.3 Å². The Bertz CT molecular complexity index is 531. The molecule has 2 aliphatic rings. The van der Waals surface area contributed by atoms with Crippen LogP contribution in [0.25, 0.3) is 0 Å². The molecule has 0 aromatic rings. The van der Waals surface area contributed by atoms with Crippen molar-refractivity contribution >= 4 is 16.2 Å². The molecule has 6 nitrogen and oxygen atoms in total. The van der Waals surface area contributed by atoms with Crippen molar-refractivity contribution in [3.8, 4) is 0 Å². The number of amides is 1. The number of hydrogen-bond donors (Lipinski definition) is 0. The fourth-order valence-corrected chi connectivity index (χ4v) is 4.26. The van der Waals surface area contributed by atoms with Gasteiger partial charge in [-0.25, -0.2) is 4.79 Å². The molecule has 1 amide bonds. The number of hydrogen-bond acceptors (Lipinski definition) is 5. The van der Waals surface area contributed by atoms with Gasteiger partial charge in [0.05, 0.1) is 12.4 Å². The topological polar surface area (TPSA) is 72.9 Å². The summed E-state index contributed by atoms with van der Waals surface area (Å²) in [7, 11) is -3.41. The Morgan fingerprint density at radius 1 is 1.27 bits per heavy atom. The van der Waals surface area contributed by atoms with Crippen molar-refractivity contribution in [2.75, 3.05) is 19.3 Å². The van der Waals surface area contributed by atoms with Crippen LogP contribution in [-0.4, -0.2) is 50.5 Å². The first-order valence-electron chi connectivity index (χ1n) is 7.75. The largest absolute Gasteiger partial charge is 0.444 e. The van der Waals surface area contributed by atoms with E-state index in [0.717, 1.165) is 25.5 Å². The van der Waals surface area contributed by atoms with Crippen LogP contribution in [0.15, 0.2) is 0 Å². The summed E-state index contributed by atoms with van der Waals surface area (Å²) in [4.78, 5) is 13.7. The zero-order valence-electron chi connectivity index (χ0n) is 14.1. The minimum absolute atomic E-state index is 0.105. The van der Waals surface area contributed by atoms with E-state index in [2.05, 4.69) is 0 Å². The number of carbonyl (C=O) groups excluding carboxylic acids is 1. The molecule has 2 atom stereocenters. The standard InChI is InChI=1S/C15H27NO5S/c1-11-8-15(7-6-12(11)21-22(5,18)19)9-16(10-15)13(17)20-14(2,3)4/h11-12H,6-10H2,1-5H3. The van der Waals surface area contributed by atoms with Crippen LogP contribution in [0.3, 0.4) is 0 Å². The Morgan fingerprint density at radius 3 is 2.32 bits per heavy atom. The van der Waals surface area contributed by atoms with Gasteiger partial charge in [0.2, 0.25) is 0 Å². The normalized spacial score (nSPS) is 28.3. The second-order valence-electron chi connectivity index (χ2n) is 7.90. The number of rotatable bonds is 2. The lowest BCUT2D eigenvalue weighted by Crippen LogP contribution is -2.61. The Morgan fingerprint density at radius 2 is 1.86 bits per heavy atom. The molecular formula is C15H27NO5S. The van der Waals surface area contributed by atoms with Crippen molar-refractivity contribution in [3.63, 3.8) is 0 Å². The predicted molar refractivity (Wildman–Crippen MR) is 83.0 cm³/mol. The van der Waals surface area contributed by atoms with Crippen LogP contribution in [0.1, 0.15) is 47.0 Å². The van der Waals surface area contributed by atoms with Crippen LogP contribution in [-0.2, 0) is 19.0 Å². The average molecular weight is 333 g/mol. The van der Waals surface area contributed by atoms with E-state index in [0.29, 0.717) is 13.1 Å². The van der Waals surface area contributed by atoms with Gasteiger partial charge >= 0.3 is 6.09 Å². The summed E-state index contributed by atoms with van der Waals surface area (Å²) in [6.45, 7) is 8.98. The van der Waals surface area contributed by atoms with Crippen LogP contribution in [0.4, 0.5) is 4.79 Å². The van der Waals surface area contributed by atoms with Crippen LogP contribution in [0.2, 0.25) is 0 Å². The van der Waals surface area contributed by atoms with Crippen LogP contribution in [0, 0.1) is 11.3 Å². The first-order valence-corrected chi connectivity index (χ1v) is 9.57. The lowest BCUT2D eigenvalue weighted by atomic mass is 9.64. The van der Waals surface area contributed by atoms with Crippen molar-refractivity contribution in [1.29, 1.82) is 0 Å². The smallest absolute Gasteiger partial charge is 0.410 e. The van der Waals surface area contributed by atoms with E-state index < -0.39 is 15.7 Å². The van der Waals surface area contributed by atoms with Gasteiger partial charge in [-0.05, 0) is 46.0 Å². The Kier molecular flexibility index (Phi) is 4.52. The molecule has 1 saturated heterocycles. The first kappa shape index (κ1) is 17.5. The molecule has 2 rings (SSSR count). The third-order valence-electron chi connectivity index (χ3n) is 4.35. The van der Waals surface area contributed by atoms with Gasteiger partial charge in [-0.15, -0.1) is 0 Å². The molecule has 7 heteroatoms. The molecule has 1 heterocycles. The van der Waals surface area contributed by atoms with Gasteiger partial charge in [-0.2, -0.15) is 8.42 Å². The Balaban J connectivity index is 1.86. The Hall–Kier alpha value is -0.820. The summed E-state index contributed by atoms with van der Waals surface area (Å²) < 4.78 is 33.1. The Labute approximate surface area is 133 Å². The summed E-state index contributed by atoms with van der Waals surface area (Å²) in [5.74, 6) is 0.171. The van der Waals surface area contributed by atoms with Crippen LogP contribution < -0.4 is 0 Å². The minimum Gasteiger partial charge on any atom is -0.444 e. The van der Waals surface area contributed by atoms with E-state index in [-0.39, 0.29) is 23.5 Å². The van der Waals surface area contributed by atoms with E-state index >= 15 is 0 Å². The molecule has 2 fully saturated rings. The van der Waals surface area contributed by atoms with Crippen molar-refractivity contribution in [3.05, 3.63) is 0 Å². The summed E-state index contributed by atoms with van der Waals surface area (Å²) >= 11 is 0. The molecule has 0 radical (unpaired) electrons. The summed E-state index contributed by atoms with van der Waals surface area (Å²) in [6.07, 6.45) is 3.08. The molecular weight excluding hydrogens is 306 g/mol. The maximum atomic E-state index is 12.0. The molecule has 128 valence electrons. The number of carbonyl (C=O) groups is 1. The van der Waals surface area contributed by atoms with Crippen molar-refractivity contribution in [2.45, 2.75) is 58.7 Å². The van der Waals surface area contributed by atoms with Crippen molar-refractivity contribution < 1.29 is 22.1 Å². The number of ether oxygens (including phenoxy) is 1. The number of likely N-dealkylation sites (tertiary alicyclic amines) is 1. The first-order chi connectivity index (χ1) is 9.89. The maximum Gasteiger partial charge on any atom is 0.410 e. The summed E-state index contributed by atoms with van der Waals surface area (Å²) in [6, 6.07) is 0. The number of nitrogens with zero attached hydrogens (tertiary/aromatic N) is 1. The molecule has 0 aromatic carbocycles. The highest BCUT2D eigenvalue weighted by Gasteiger charge is 2.50. The maximum absolute atomic E-state index is 12.0. The fraction of sp³-hybridized carbons (Fsp3) is 0.933. The highest BCUT2D eigenvalue weighted by atomic mass is 32.2. The highest BCUT2D eigenvalue weighted by molar-refractivity contribution is 7.86. The van der Waals surface area contributed by atoms with E-state index in [1.54, 1.807) is 4.90 Å². The van der Waals surface area contributed by atoms with E-state index in [1.165, 1.54) is 0 Å². The lowest BCUT2D eigenvalue weighted by molar-refractivity contribution is -0.0748. The molecule has 2 unspecified atom stereocenters. The van der Waals surface area contributed by atoms with Gasteiger partial charge < -0.3 is 9.64 Å². The molecule has 0 bridgehead atoms. The summed E-state index contributed by atoms with van der Waals surface area (Å²) in [5.41, 5.74) is -0.373. The van der Waals surface area contributed by atoms with Crippen LogP contribution >= 0.6 is 0 Å². The molecule has 22 heavy (non-hydrogen) atoms. The monoisotopic (exact) mass is 333 g/mol. The quantitative estimate of drug-likeness (QED) is 0.726. The molecule has 0 aromatic heterocycles.